The highest BCUT2D eigenvalue weighted by atomic mass is 79.9. The van der Waals surface area contributed by atoms with Crippen LogP contribution in [0.25, 0.3) is 0 Å². The molecule has 6 nitrogen and oxygen atoms in total. The molecule has 132 valence electrons. The van der Waals surface area contributed by atoms with E-state index >= 15 is 0 Å². The molecular formula is C17H19BrClN5O. The summed E-state index contributed by atoms with van der Waals surface area (Å²) < 4.78 is 0.952. The lowest BCUT2D eigenvalue weighted by molar-refractivity contribution is -0.129. The topological polar surface area (TPSA) is 52.6 Å². The van der Waals surface area contributed by atoms with Gasteiger partial charge >= 0.3 is 0 Å². The molecule has 1 fully saturated rings. The summed E-state index contributed by atoms with van der Waals surface area (Å²) in [6.07, 6.45) is 1.53. The highest BCUT2D eigenvalue weighted by Crippen LogP contribution is 2.25. The molecule has 1 aliphatic heterocycles. The van der Waals surface area contributed by atoms with Crippen LogP contribution in [0.5, 0.6) is 0 Å². The molecule has 0 bridgehead atoms. The van der Waals surface area contributed by atoms with E-state index in [4.69, 9.17) is 11.6 Å². The van der Waals surface area contributed by atoms with Crippen LogP contribution in [0.2, 0.25) is 5.02 Å². The first-order valence-electron chi connectivity index (χ1n) is 7.90. The number of aromatic nitrogens is 2. The molecule has 2 aromatic rings. The van der Waals surface area contributed by atoms with Crippen LogP contribution in [-0.4, -0.2) is 54.5 Å². The van der Waals surface area contributed by atoms with E-state index in [1.54, 1.807) is 4.90 Å². The van der Waals surface area contributed by atoms with Crippen LogP contribution in [-0.2, 0) is 11.3 Å². The molecule has 0 unspecified atom stereocenters. The van der Waals surface area contributed by atoms with Crippen LogP contribution >= 0.6 is 27.5 Å². The summed E-state index contributed by atoms with van der Waals surface area (Å²) in [6, 6.07) is 7.75. The van der Waals surface area contributed by atoms with Crippen molar-refractivity contribution in [3.63, 3.8) is 0 Å². The number of anilines is 2. The number of likely N-dealkylation sites (N-methyl/N-ethyl adjacent to an activating group) is 1. The Morgan fingerprint density at radius 2 is 2.08 bits per heavy atom. The third-order valence-electron chi connectivity index (χ3n) is 4.23. The zero-order valence-corrected chi connectivity index (χ0v) is 16.5. The van der Waals surface area contributed by atoms with Gasteiger partial charge in [0.15, 0.2) is 0 Å². The van der Waals surface area contributed by atoms with Crippen molar-refractivity contribution in [1.29, 1.82) is 0 Å². The molecule has 0 spiro atoms. The van der Waals surface area contributed by atoms with E-state index < -0.39 is 0 Å². The predicted molar refractivity (Wildman–Crippen MR) is 103 cm³/mol. The second-order valence-corrected chi connectivity index (χ2v) is 7.39. The molecule has 1 aromatic heterocycles. The Bertz CT molecular complexity index is 787. The summed E-state index contributed by atoms with van der Waals surface area (Å²) in [5.41, 5.74) is 1.02. The van der Waals surface area contributed by atoms with Gasteiger partial charge in [-0.05, 0) is 17.7 Å². The van der Waals surface area contributed by atoms with Crippen molar-refractivity contribution < 1.29 is 4.79 Å². The number of amides is 1. The van der Waals surface area contributed by atoms with Gasteiger partial charge in [-0.15, -0.1) is 0 Å². The Morgan fingerprint density at radius 3 is 2.80 bits per heavy atom. The van der Waals surface area contributed by atoms with Crippen molar-refractivity contribution in [2.45, 2.75) is 6.54 Å². The average Bonchev–Trinajstić information content (AvgIpc) is 2.60. The summed E-state index contributed by atoms with van der Waals surface area (Å²) >= 11 is 9.72. The summed E-state index contributed by atoms with van der Waals surface area (Å²) in [6.45, 7) is 2.43. The van der Waals surface area contributed by atoms with Crippen molar-refractivity contribution in [3.05, 3.63) is 45.7 Å². The first-order chi connectivity index (χ1) is 11.9. The van der Waals surface area contributed by atoms with Gasteiger partial charge in [-0.1, -0.05) is 33.6 Å². The molecule has 1 amide bonds. The van der Waals surface area contributed by atoms with Gasteiger partial charge < -0.3 is 14.7 Å². The first kappa shape index (κ1) is 17.9. The zero-order chi connectivity index (χ0) is 18.0. The number of nitrogens with zero attached hydrogens (tertiary/aromatic N) is 5. The lowest BCUT2D eigenvalue weighted by Gasteiger charge is -2.33. The third kappa shape index (κ3) is 4.22. The van der Waals surface area contributed by atoms with Gasteiger partial charge in [-0.2, -0.15) is 0 Å². The van der Waals surface area contributed by atoms with Crippen LogP contribution < -0.4 is 9.80 Å². The normalized spacial score (nSPS) is 14.8. The minimum Gasteiger partial charge on any atom is -0.355 e. The Morgan fingerprint density at radius 1 is 1.28 bits per heavy atom. The van der Waals surface area contributed by atoms with Crippen LogP contribution in [0.15, 0.2) is 35.1 Å². The van der Waals surface area contributed by atoms with Crippen LogP contribution in [0, 0.1) is 0 Å². The molecule has 0 atom stereocenters. The fraction of sp³-hybridized carbons (Fsp3) is 0.353. The van der Waals surface area contributed by atoms with E-state index in [0.29, 0.717) is 24.7 Å². The molecular weight excluding hydrogens is 406 g/mol. The Kier molecular flexibility index (Phi) is 5.44. The molecule has 1 aromatic carbocycles. The number of rotatable bonds is 4. The van der Waals surface area contributed by atoms with Crippen molar-refractivity contribution in [2.75, 3.05) is 43.5 Å². The van der Waals surface area contributed by atoms with Crippen LogP contribution in [0.3, 0.4) is 0 Å². The van der Waals surface area contributed by atoms with Crippen molar-refractivity contribution >= 4 is 45.1 Å². The largest absolute Gasteiger partial charge is 0.355 e. The van der Waals surface area contributed by atoms with Gasteiger partial charge in [0.25, 0.3) is 0 Å². The molecule has 0 saturated carbocycles. The predicted octanol–water partition coefficient (Wildman–Crippen LogP) is 2.81. The number of halogens is 2. The van der Waals surface area contributed by atoms with Crippen LogP contribution in [0.1, 0.15) is 5.56 Å². The average molecular weight is 425 g/mol. The van der Waals surface area contributed by atoms with Gasteiger partial charge in [0.05, 0.1) is 6.54 Å². The fourth-order valence-electron chi connectivity index (χ4n) is 2.66. The number of benzene rings is 1. The molecule has 1 aliphatic rings. The minimum atomic E-state index is 0.0985. The number of hydrogen-bond donors (Lipinski definition) is 0. The van der Waals surface area contributed by atoms with Gasteiger partial charge in [-0.25, -0.2) is 9.97 Å². The molecule has 3 rings (SSSR count). The Hall–Kier alpha value is -1.86. The van der Waals surface area contributed by atoms with E-state index in [-0.39, 0.29) is 5.91 Å². The standard InChI is InChI=1S/C17H19BrClN5O/c1-22-5-6-24(10-17(22)25)16-8-15(20-11-21-16)23(2)9-12-3-4-13(18)7-14(12)19/h3-4,7-8,11H,5-6,9-10H2,1-2H3. The maximum atomic E-state index is 11.9. The van der Waals surface area contributed by atoms with Crippen LogP contribution in [0.4, 0.5) is 11.6 Å². The second-order valence-electron chi connectivity index (χ2n) is 6.06. The number of hydrogen-bond acceptors (Lipinski definition) is 5. The number of carbonyl (C=O) groups excluding carboxylic acids is 1. The van der Waals surface area contributed by atoms with Gasteiger partial charge in [-0.3, -0.25) is 4.79 Å². The molecule has 25 heavy (non-hydrogen) atoms. The summed E-state index contributed by atoms with van der Waals surface area (Å²) in [7, 11) is 3.78. The number of carbonyl (C=O) groups is 1. The first-order valence-corrected chi connectivity index (χ1v) is 9.07. The molecule has 0 aliphatic carbocycles. The van der Waals surface area contributed by atoms with Crippen molar-refractivity contribution in [1.82, 2.24) is 14.9 Å². The van der Waals surface area contributed by atoms with Gasteiger partial charge in [0, 0.05) is 49.3 Å². The fourth-order valence-corrected chi connectivity index (χ4v) is 3.39. The lowest BCUT2D eigenvalue weighted by Crippen LogP contribution is -2.48. The quantitative estimate of drug-likeness (QED) is 0.755. The molecule has 0 radical (unpaired) electrons. The molecule has 1 saturated heterocycles. The SMILES string of the molecule is CN1CCN(c2cc(N(C)Cc3ccc(Br)cc3Cl)ncn2)CC1=O. The minimum absolute atomic E-state index is 0.0985. The smallest absolute Gasteiger partial charge is 0.241 e. The molecule has 2 heterocycles. The van der Waals surface area contributed by atoms with Gasteiger partial charge in [0.2, 0.25) is 5.91 Å². The maximum Gasteiger partial charge on any atom is 0.241 e. The molecule has 8 heteroatoms. The third-order valence-corrected chi connectivity index (χ3v) is 5.08. The van der Waals surface area contributed by atoms with E-state index in [9.17, 15) is 4.79 Å². The van der Waals surface area contributed by atoms with Crippen molar-refractivity contribution in [2.24, 2.45) is 0 Å². The highest BCUT2D eigenvalue weighted by molar-refractivity contribution is 9.10. The van der Waals surface area contributed by atoms with E-state index in [1.165, 1.54) is 6.33 Å². The maximum absolute atomic E-state index is 11.9. The summed E-state index contributed by atoms with van der Waals surface area (Å²) in [4.78, 5) is 26.3. The van der Waals surface area contributed by atoms with E-state index in [1.807, 2.05) is 48.2 Å². The second kappa shape index (κ2) is 7.58. The van der Waals surface area contributed by atoms with Gasteiger partial charge in [0.1, 0.15) is 18.0 Å². The van der Waals surface area contributed by atoms with Crippen molar-refractivity contribution in [3.8, 4) is 0 Å². The van der Waals surface area contributed by atoms with E-state index in [2.05, 4.69) is 25.9 Å². The monoisotopic (exact) mass is 423 g/mol. The van der Waals surface area contributed by atoms with E-state index in [0.717, 1.165) is 28.2 Å². The highest BCUT2D eigenvalue weighted by Gasteiger charge is 2.22. The Balaban J connectivity index is 1.75. The summed E-state index contributed by atoms with van der Waals surface area (Å²) in [5.74, 6) is 1.65. The Labute approximate surface area is 160 Å². The molecule has 0 N–H and O–H groups in total. The lowest BCUT2D eigenvalue weighted by atomic mass is 10.2. The zero-order valence-electron chi connectivity index (χ0n) is 14.1. The number of piperazine rings is 1. The summed E-state index contributed by atoms with van der Waals surface area (Å²) in [5, 5.41) is 0.708.